The minimum Gasteiger partial charge on any atom is -0.256 e. The van der Waals surface area contributed by atoms with Crippen molar-refractivity contribution in [2.45, 2.75) is 31.2 Å². The topological polar surface area (TPSA) is 59.1 Å². The third-order valence-corrected chi connectivity index (χ3v) is 5.52. The van der Waals surface area contributed by atoms with E-state index in [0.717, 1.165) is 6.42 Å². The molecule has 21 heavy (non-hydrogen) atoms. The summed E-state index contributed by atoms with van der Waals surface area (Å²) < 4.78 is 28.1. The molecule has 6 heteroatoms. The Morgan fingerprint density at radius 3 is 2.67 bits per heavy atom. The van der Waals surface area contributed by atoms with E-state index in [-0.39, 0.29) is 10.9 Å². The van der Waals surface area contributed by atoms with Crippen LogP contribution in [0.1, 0.15) is 20.3 Å². The monoisotopic (exact) mass is 370 g/mol. The molecule has 0 aliphatic heterocycles. The van der Waals surface area contributed by atoms with E-state index >= 15 is 0 Å². The molecule has 2 rings (SSSR count). The Kier molecular flexibility index (Phi) is 5.35. The van der Waals surface area contributed by atoms with E-state index in [0.29, 0.717) is 22.2 Å². The van der Waals surface area contributed by atoms with Gasteiger partial charge in [0, 0.05) is 23.0 Å². The summed E-state index contributed by atoms with van der Waals surface area (Å²) in [5.41, 5.74) is 0.680. The van der Waals surface area contributed by atoms with E-state index in [1.807, 2.05) is 6.07 Å². The number of aromatic nitrogens is 1. The normalized spacial score (nSPS) is 13.7. The summed E-state index contributed by atoms with van der Waals surface area (Å²) in [5, 5.41) is 1.23. The highest BCUT2D eigenvalue weighted by molar-refractivity contribution is 9.09. The van der Waals surface area contributed by atoms with Crippen molar-refractivity contribution in [3.05, 3.63) is 36.5 Å². The predicted octanol–water partition coefficient (Wildman–Crippen LogP) is 3.32. The van der Waals surface area contributed by atoms with E-state index in [1.54, 1.807) is 30.5 Å². The number of benzene rings is 1. The second-order valence-corrected chi connectivity index (χ2v) is 7.76. The number of nitrogens with zero attached hydrogens (tertiary/aromatic N) is 1. The Balaban J connectivity index is 2.38. The van der Waals surface area contributed by atoms with Crippen molar-refractivity contribution in [3.63, 3.8) is 0 Å². The molecule has 4 nitrogen and oxygen atoms in total. The molecule has 0 saturated heterocycles. The van der Waals surface area contributed by atoms with E-state index in [1.165, 1.54) is 0 Å². The Bertz CT molecular complexity index is 711. The van der Waals surface area contributed by atoms with Gasteiger partial charge in [-0.3, -0.25) is 4.98 Å². The molecule has 0 amide bonds. The molecule has 1 unspecified atom stereocenters. The molecule has 1 N–H and O–H groups in total. The maximum Gasteiger partial charge on any atom is 0.241 e. The largest absolute Gasteiger partial charge is 0.256 e. The fourth-order valence-electron chi connectivity index (χ4n) is 2.30. The van der Waals surface area contributed by atoms with E-state index < -0.39 is 10.0 Å². The number of rotatable bonds is 6. The summed E-state index contributed by atoms with van der Waals surface area (Å²) in [6, 6.07) is 8.55. The van der Waals surface area contributed by atoms with Gasteiger partial charge in [0.1, 0.15) is 0 Å². The Labute approximate surface area is 134 Å². The van der Waals surface area contributed by atoms with Crippen LogP contribution in [0.15, 0.2) is 41.4 Å². The average molecular weight is 371 g/mol. The molecule has 1 aromatic heterocycles. The highest BCUT2D eigenvalue weighted by Crippen LogP contribution is 2.22. The molecule has 2 aromatic rings. The number of sulfonamides is 1. The minimum atomic E-state index is -3.56. The number of pyridine rings is 1. The lowest BCUT2D eigenvalue weighted by atomic mass is 10.1. The summed E-state index contributed by atoms with van der Waals surface area (Å²) >= 11 is 3.38. The molecule has 0 bridgehead atoms. The molecular formula is C15H19BrN2O2S. The summed E-state index contributed by atoms with van der Waals surface area (Å²) in [4.78, 5) is 4.48. The first kappa shape index (κ1) is 16.4. The van der Waals surface area contributed by atoms with Gasteiger partial charge in [0.05, 0.1) is 10.4 Å². The second kappa shape index (κ2) is 6.85. The van der Waals surface area contributed by atoms with Crippen LogP contribution in [0, 0.1) is 5.92 Å². The van der Waals surface area contributed by atoms with Crippen LogP contribution < -0.4 is 4.72 Å². The second-order valence-electron chi connectivity index (χ2n) is 5.43. The maximum atomic E-state index is 12.6. The third-order valence-electron chi connectivity index (χ3n) is 3.16. The summed E-state index contributed by atoms with van der Waals surface area (Å²) in [7, 11) is -3.56. The molecule has 0 fully saturated rings. The van der Waals surface area contributed by atoms with Crippen molar-refractivity contribution < 1.29 is 8.42 Å². The Hall–Kier alpha value is -0.980. The van der Waals surface area contributed by atoms with Gasteiger partial charge in [-0.15, -0.1) is 0 Å². The van der Waals surface area contributed by atoms with Crippen molar-refractivity contribution in [2.24, 2.45) is 5.92 Å². The first-order chi connectivity index (χ1) is 9.94. The zero-order valence-electron chi connectivity index (χ0n) is 12.1. The molecular weight excluding hydrogens is 352 g/mol. The van der Waals surface area contributed by atoms with Gasteiger partial charge in [-0.05, 0) is 36.6 Å². The van der Waals surface area contributed by atoms with Crippen LogP contribution in [0.2, 0.25) is 0 Å². The first-order valence-corrected chi connectivity index (χ1v) is 9.46. The fourth-order valence-corrected chi connectivity index (χ4v) is 4.41. The molecule has 114 valence electrons. The smallest absolute Gasteiger partial charge is 0.241 e. The molecule has 1 heterocycles. The zero-order chi connectivity index (χ0) is 15.5. The van der Waals surface area contributed by atoms with Crippen molar-refractivity contribution in [3.8, 4) is 0 Å². The van der Waals surface area contributed by atoms with Crippen molar-refractivity contribution >= 4 is 36.9 Å². The van der Waals surface area contributed by atoms with Gasteiger partial charge < -0.3 is 0 Å². The number of halogens is 1. The lowest BCUT2D eigenvalue weighted by molar-refractivity contribution is 0.488. The highest BCUT2D eigenvalue weighted by atomic mass is 79.9. The standard InChI is InChI=1S/C15H19BrN2O2S/c1-11(2)9-12(10-16)18-21(19,20)15-7-3-6-14-13(15)5-4-8-17-14/h3-8,11-12,18H,9-10H2,1-2H3. The van der Waals surface area contributed by atoms with Crippen LogP contribution in [0.4, 0.5) is 0 Å². The molecule has 1 aromatic carbocycles. The molecule has 1 atom stereocenters. The quantitative estimate of drug-likeness (QED) is 0.793. The van der Waals surface area contributed by atoms with Crippen LogP contribution >= 0.6 is 15.9 Å². The summed E-state index contributed by atoms with van der Waals surface area (Å²) in [6.07, 6.45) is 2.44. The molecule has 0 spiro atoms. The lowest BCUT2D eigenvalue weighted by Gasteiger charge is -2.18. The van der Waals surface area contributed by atoms with Gasteiger partial charge in [-0.25, -0.2) is 13.1 Å². The van der Waals surface area contributed by atoms with Crippen LogP contribution in [-0.2, 0) is 10.0 Å². The predicted molar refractivity (Wildman–Crippen MR) is 89.1 cm³/mol. The fraction of sp³-hybridized carbons (Fsp3) is 0.400. The highest BCUT2D eigenvalue weighted by Gasteiger charge is 2.22. The van der Waals surface area contributed by atoms with E-state index in [9.17, 15) is 8.42 Å². The van der Waals surface area contributed by atoms with Crippen LogP contribution in [0.25, 0.3) is 10.9 Å². The summed E-state index contributed by atoms with van der Waals surface area (Å²) in [6.45, 7) is 4.15. The number of fused-ring (bicyclic) bond motifs is 1. The number of hydrogen-bond donors (Lipinski definition) is 1. The zero-order valence-corrected chi connectivity index (χ0v) is 14.5. The molecule has 0 aliphatic carbocycles. The lowest BCUT2D eigenvalue weighted by Crippen LogP contribution is -2.37. The van der Waals surface area contributed by atoms with Crippen LogP contribution in [0.3, 0.4) is 0 Å². The third kappa shape index (κ3) is 4.02. The molecule has 0 aliphatic rings. The number of hydrogen-bond acceptors (Lipinski definition) is 3. The van der Waals surface area contributed by atoms with Crippen molar-refractivity contribution in [1.82, 2.24) is 9.71 Å². The van der Waals surface area contributed by atoms with Crippen LogP contribution in [-0.4, -0.2) is 24.8 Å². The molecule has 0 radical (unpaired) electrons. The van der Waals surface area contributed by atoms with E-state index in [4.69, 9.17) is 0 Å². The summed E-state index contributed by atoms with van der Waals surface area (Å²) in [5.74, 6) is 0.421. The van der Waals surface area contributed by atoms with Gasteiger partial charge in [0.15, 0.2) is 0 Å². The van der Waals surface area contributed by atoms with Crippen LogP contribution in [0.5, 0.6) is 0 Å². The van der Waals surface area contributed by atoms with E-state index in [2.05, 4.69) is 39.5 Å². The minimum absolute atomic E-state index is 0.123. The SMILES string of the molecule is CC(C)CC(CBr)NS(=O)(=O)c1cccc2ncccc12. The first-order valence-electron chi connectivity index (χ1n) is 6.86. The van der Waals surface area contributed by atoms with Crippen molar-refractivity contribution in [2.75, 3.05) is 5.33 Å². The van der Waals surface area contributed by atoms with Crippen molar-refractivity contribution in [1.29, 1.82) is 0 Å². The molecule has 0 saturated carbocycles. The Morgan fingerprint density at radius 1 is 1.24 bits per heavy atom. The maximum absolute atomic E-state index is 12.6. The van der Waals surface area contributed by atoms with Gasteiger partial charge in [0.25, 0.3) is 0 Å². The van der Waals surface area contributed by atoms with Gasteiger partial charge in [0.2, 0.25) is 10.0 Å². The average Bonchev–Trinajstić information content (AvgIpc) is 2.45. The van der Waals surface area contributed by atoms with Gasteiger partial charge >= 0.3 is 0 Å². The Morgan fingerprint density at radius 2 is 2.00 bits per heavy atom. The van der Waals surface area contributed by atoms with Gasteiger partial charge in [-0.1, -0.05) is 35.8 Å². The number of alkyl halides is 1. The number of nitrogens with one attached hydrogen (secondary N) is 1. The van der Waals surface area contributed by atoms with Gasteiger partial charge in [-0.2, -0.15) is 0 Å².